The highest BCUT2D eigenvalue weighted by Gasteiger charge is 2.38. The fourth-order valence-electron chi connectivity index (χ4n) is 3.43. The van der Waals surface area contributed by atoms with Crippen LogP contribution in [0.4, 0.5) is 5.69 Å². The van der Waals surface area contributed by atoms with Crippen LogP contribution in [0, 0.1) is 0 Å². The van der Waals surface area contributed by atoms with Gasteiger partial charge in [0.15, 0.2) is 0 Å². The minimum Gasteiger partial charge on any atom is -0.376 e. The predicted octanol–water partition coefficient (Wildman–Crippen LogP) is 1.83. The number of rotatable bonds is 6. The van der Waals surface area contributed by atoms with Gasteiger partial charge in [-0.15, -0.1) is 0 Å². The van der Waals surface area contributed by atoms with Gasteiger partial charge in [0, 0.05) is 25.9 Å². The predicted molar refractivity (Wildman–Crippen MR) is 94.4 cm³/mol. The Hall–Kier alpha value is -1.92. The van der Waals surface area contributed by atoms with Crippen molar-refractivity contribution in [2.75, 3.05) is 31.7 Å². The van der Waals surface area contributed by atoms with E-state index in [-0.39, 0.29) is 17.9 Å². The summed E-state index contributed by atoms with van der Waals surface area (Å²) in [6, 6.07) is 9.13. The molecule has 2 fully saturated rings. The maximum Gasteiger partial charge on any atom is 0.251 e. The zero-order valence-corrected chi connectivity index (χ0v) is 14.9. The molecule has 0 N–H and O–H groups in total. The van der Waals surface area contributed by atoms with Crippen LogP contribution < -0.4 is 4.90 Å². The van der Waals surface area contributed by atoms with Crippen LogP contribution in [0.2, 0.25) is 0 Å². The third-order valence-electron chi connectivity index (χ3n) is 4.96. The van der Waals surface area contributed by atoms with Gasteiger partial charge in [-0.05, 0) is 38.3 Å². The van der Waals surface area contributed by atoms with E-state index in [2.05, 4.69) is 0 Å². The van der Waals surface area contributed by atoms with Crippen molar-refractivity contribution in [2.45, 2.75) is 44.4 Å². The lowest BCUT2D eigenvalue weighted by molar-refractivity contribution is -0.147. The average molecular weight is 346 g/mol. The van der Waals surface area contributed by atoms with Gasteiger partial charge in [0.05, 0.1) is 12.7 Å². The molecular weight excluding hydrogens is 320 g/mol. The van der Waals surface area contributed by atoms with Gasteiger partial charge in [-0.3, -0.25) is 9.59 Å². The highest BCUT2D eigenvalue weighted by molar-refractivity contribution is 6.01. The molecule has 0 radical (unpaired) electrons. The Morgan fingerprint density at radius 2 is 2.12 bits per heavy atom. The summed E-state index contributed by atoms with van der Waals surface area (Å²) >= 11 is 0. The van der Waals surface area contributed by atoms with Crippen LogP contribution >= 0.6 is 0 Å². The molecule has 0 spiro atoms. The number of ether oxygens (including phenoxy) is 2. The Kier molecular flexibility index (Phi) is 5.71. The Labute approximate surface area is 148 Å². The molecule has 2 heterocycles. The van der Waals surface area contributed by atoms with E-state index in [0.717, 1.165) is 25.1 Å². The Morgan fingerprint density at radius 3 is 2.80 bits per heavy atom. The van der Waals surface area contributed by atoms with Crippen molar-refractivity contribution in [3.05, 3.63) is 30.3 Å². The molecular formula is C19H26N2O4. The first-order valence-electron chi connectivity index (χ1n) is 8.94. The lowest BCUT2D eigenvalue weighted by atomic mass is 10.2. The number of likely N-dealkylation sites (N-methyl/N-ethyl adjacent to an activating group) is 1. The number of carbonyl (C=O) groups is 2. The standard InChI is InChI=1S/C19H26N2O4/c1-14(25-13-16-9-6-12-24-16)18(22)20(2)17-10-11-21(19(17)23)15-7-4-3-5-8-15/h3-5,7-8,14,16-17H,6,9-13H2,1-2H3/t14-,16-,17+/m0/s1. The van der Waals surface area contributed by atoms with Crippen molar-refractivity contribution >= 4 is 17.5 Å². The summed E-state index contributed by atoms with van der Waals surface area (Å²) in [5.74, 6) is -0.195. The van der Waals surface area contributed by atoms with Crippen molar-refractivity contribution in [1.82, 2.24) is 4.90 Å². The van der Waals surface area contributed by atoms with Crippen molar-refractivity contribution in [3.8, 4) is 0 Å². The Balaban J connectivity index is 1.55. The van der Waals surface area contributed by atoms with Gasteiger partial charge in [-0.25, -0.2) is 0 Å². The fourth-order valence-corrected chi connectivity index (χ4v) is 3.43. The van der Waals surface area contributed by atoms with Crippen LogP contribution in [0.5, 0.6) is 0 Å². The highest BCUT2D eigenvalue weighted by Crippen LogP contribution is 2.24. The first-order valence-corrected chi connectivity index (χ1v) is 8.94. The molecule has 2 amide bonds. The molecule has 3 rings (SSSR count). The Bertz CT molecular complexity index is 601. The molecule has 2 saturated heterocycles. The fraction of sp³-hybridized carbons (Fsp3) is 0.579. The number of hydrogen-bond acceptors (Lipinski definition) is 4. The lowest BCUT2D eigenvalue weighted by Crippen LogP contribution is -2.47. The summed E-state index contributed by atoms with van der Waals surface area (Å²) in [5, 5.41) is 0. The molecule has 2 aliphatic rings. The molecule has 1 aromatic rings. The summed E-state index contributed by atoms with van der Waals surface area (Å²) < 4.78 is 11.2. The van der Waals surface area contributed by atoms with E-state index in [0.29, 0.717) is 19.6 Å². The Morgan fingerprint density at radius 1 is 1.36 bits per heavy atom. The number of nitrogens with zero attached hydrogens (tertiary/aromatic N) is 2. The first kappa shape index (κ1) is 17.9. The van der Waals surface area contributed by atoms with E-state index in [9.17, 15) is 9.59 Å². The lowest BCUT2D eigenvalue weighted by Gasteiger charge is -2.27. The van der Waals surface area contributed by atoms with E-state index >= 15 is 0 Å². The SMILES string of the molecule is C[C@H](OC[C@@H]1CCCO1)C(=O)N(C)[C@@H]1CCN(c2ccccc2)C1=O. The van der Waals surface area contributed by atoms with Gasteiger partial charge in [-0.1, -0.05) is 18.2 Å². The summed E-state index contributed by atoms with van der Waals surface area (Å²) in [6.07, 6.45) is 2.16. The van der Waals surface area contributed by atoms with E-state index in [4.69, 9.17) is 9.47 Å². The zero-order valence-electron chi connectivity index (χ0n) is 14.9. The van der Waals surface area contributed by atoms with Gasteiger partial charge in [0.2, 0.25) is 5.91 Å². The zero-order chi connectivity index (χ0) is 17.8. The van der Waals surface area contributed by atoms with Crippen molar-refractivity contribution in [2.24, 2.45) is 0 Å². The normalized spacial score (nSPS) is 24.6. The number of para-hydroxylation sites is 1. The average Bonchev–Trinajstić information content (AvgIpc) is 3.28. The van der Waals surface area contributed by atoms with E-state index in [1.807, 2.05) is 30.3 Å². The van der Waals surface area contributed by atoms with E-state index < -0.39 is 12.1 Å². The second-order valence-corrected chi connectivity index (χ2v) is 6.69. The first-order chi connectivity index (χ1) is 12.1. The highest BCUT2D eigenvalue weighted by atomic mass is 16.5. The number of benzene rings is 1. The minimum absolute atomic E-state index is 0.0339. The van der Waals surface area contributed by atoms with Crippen LogP contribution in [-0.2, 0) is 19.1 Å². The van der Waals surface area contributed by atoms with E-state index in [1.54, 1.807) is 18.9 Å². The molecule has 2 aliphatic heterocycles. The summed E-state index contributed by atoms with van der Waals surface area (Å²) in [5.41, 5.74) is 0.874. The van der Waals surface area contributed by atoms with Crippen LogP contribution in [-0.4, -0.2) is 61.8 Å². The topological polar surface area (TPSA) is 59.1 Å². The monoisotopic (exact) mass is 346 g/mol. The largest absolute Gasteiger partial charge is 0.376 e. The van der Waals surface area contributed by atoms with Crippen LogP contribution in [0.15, 0.2) is 30.3 Å². The number of carbonyl (C=O) groups excluding carboxylic acids is 2. The van der Waals surface area contributed by atoms with Crippen molar-refractivity contribution < 1.29 is 19.1 Å². The summed E-state index contributed by atoms with van der Waals surface area (Å²) in [6.45, 7) is 3.55. The molecule has 0 unspecified atom stereocenters. The third-order valence-corrected chi connectivity index (χ3v) is 4.96. The van der Waals surface area contributed by atoms with Crippen LogP contribution in [0.3, 0.4) is 0 Å². The van der Waals surface area contributed by atoms with Crippen LogP contribution in [0.1, 0.15) is 26.2 Å². The quantitative estimate of drug-likeness (QED) is 0.789. The molecule has 0 aliphatic carbocycles. The maximum absolute atomic E-state index is 12.7. The van der Waals surface area contributed by atoms with Gasteiger partial charge in [0.1, 0.15) is 12.1 Å². The molecule has 1 aromatic carbocycles. The molecule has 25 heavy (non-hydrogen) atoms. The second-order valence-electron chi connectivity index (χ2n) is 6.69. The molecule has 6 heteroatoms. The molecule has 6 nitrogen and oxygen atoms in total. The van der Waals surface area contributed by atoms with Crippen molar-refractivity contribution in [3.63, 3.8) is 0 Å². The summed E-state index contributed by atoms with van der Waals surface area (Å²) in [4.78, 5) is 28.6. The molecule has 0 saturated carbocycles. The van der Waals surface area contributed by atoms with Gasteiger partial charge >= 0.3 is 0 Å². The molecule has 3 atom stereocenters. The van der Waals surface area contributed by atoms with Gasteiger partial charge < -0.3 is 19.3 Å². The summed E-state index contributed by atoms with van der Waals surface area (Å²) in [7, 11) is 1.69. The second kappa shape index (κ2) is 7.97. The van der Waals surface area contributed by atoms with E-state index in [1.165, 1.54) is 4.90 Å². The molecule has 136 valence electrons. The number of hydrogen-bond donors (Lipinski definition) is 0. The van der Waals surface area contributed by atoms with Gasteiger partial charge in [-0.2, -0.15) is 0 Å². The number of amides is 2. The van der Waals surface area contributed by atoms with Gasteiger partial charge in [0.25, 0.3) is 5.91 Å². The third kappa shape index (κ3) is 4.02. The van der Waals surface area contributed by atoms with Crippen molar-refractivity contribution in [1.29, 1.82) is 0 Å². The number of anilines is 1. The molecule has 0 bridgehead atoms. The minimum atomic E-state index is -0.576. The van der Waals surface area contributed by atoms with Crippen LogP contribution in [0.25, 0.3) is 0 Å². The maximum atomic E-state index is 12.7. The smallest absolute Gasteiger partial charge is 0.251 e. The molecule has 0 aromatic heterocycles.